The lowest BCUT2D eigenvalue weighted by Crippen LogP contribution is -2.48. The number of aromatic nitrogens is 3. The van der Waals surface area contributed by atoms with Crippen LogP contribution in [0.2, 0.25) is 5.02 Å². The lowest BCUT2D eigenvalue weighted by Gasteiger charge is -2.20. The molecule has 10 heteroatoms. The third-order valence-corrected chi connectivity index (χ3v) is 3.87. The minimum absolute atomic E-state index is 0.0207. The summed E-state index contributed by atoms with van der Waals surface area (Å²) in [5, 5.41) is 12.7. The zero-order valence-corrected chi connectivity index (χ0v) is 16.2. The second-order valence-corrected chi connectivity index (χ2v) is 7.73. The number of hydrogen-bond donors (Lipinski definition) is 3. The molecule has 0 bridgehead atoms. The normalized spacial score (nSPS) is 11.1. The molecule has 0 aliphatic carbocycles. The van der Waals surface area contributed by atoms with Crippen LogP contribution in [0, 0.1) is 0 Å². The minimum Gasteiger partial charge on any atom is -0.486 e. The minimum atomic E-state index is -0.532. The summed E-state index contributed by atoms with van der Waals surface area (Å²) in [6, 6.07) is 6.43. The Kier molecular flexibility index (Phi) is 6.87. The summed E-state index contributed by atoms with van der Waals surface area (Å²) in [7, 11) is 0. The molecule has 0 radical (unpaired) electrons. The van der Waals surface area contributed by atoms with Crippen LogP contribution in [0.15, 0.2) is 29.4 Å². The highest BCUT2D eigenvalue weighted by molar-refractivity contribution is 7.99. The first-order valence-corrected chi connectivity index (χ1v) is 9.12. The van der Waals surface area contributed by atoms with Crippen molar-refractivity contribution in [1.82, 2.24) is 25.8 Å². The number of thioether (sulfide) groups is 1. The van der Waals surface area contributed by atoms with E-state index in [2.05, 4.69) is 25.8 Å². The first-order valence-electron chi connectivity index (χ1n) is 7.76. The van der Waals surface area contributed by atoms with Crippen LogP contribution in [0.1, 0.15) is 26.6 Å². The van der Waals surface area contributed by atoms with Gasteiger partial charge < -0.3 is 10.1 Å². The van der Waals surface area contributed by atoms with E-state index in [0.29, 0.717) is 21.8 Å². The number of amides is 3. The fourth-order valence-corrected chi connectivity index (χ4v) is 2.50. The molecule has 3 amide bonds. The van der Waals surface area contributed by atoms with E-state index in [1.807, 2.05) is 20.8 Å². The largest absolute Gasteiger partial charge is 0.486 e. The quantitative estimate of drug-likeness (QED) is 0.646. The monoisotopic (exact) mass is 397 g/mol. The van der Waals surface area contributed by atoms with E-state index in [4.69, 9.17) is 16.3 Å². The van der Waals surface area contributed by atoms with Crippen LogP contribution in [0.5, 0.6) is 5.75 Å². The maximum Gasteiger partial charge on any atom is 0.321 e. The highest BCUT2D eigenvalue weighted by Gasteiger charge is 2.16. The van der Waals surface area contributed by atoms with E-state index in [0.717, 1.165) is 11.8 Å². The van der Waals surface area contributed by atoms with Crippen LogP contribution in [-0.4, -0.2) is 38.4 Å². The summed E-state index contributed by atoms with van der Waals surface area (Å²) in [4.78, 5) is 27.6. The van der Waals surface area contributed by atoms with Crippen molar-refractivity contribution in [2.45, 2.75) is 38.1 Å². The number of nitrogens with zero attached hydrogens (tertiary/aromatic N) is 2. The Bertz CT molecular complexity index is 758. The number of urea groups is 1. The van der Waals surface area contributed by atoms with Gasteiger partial charge in [0.1, 0.15) is 12.4 Å². The highest BCUT2D eigenvalue weighted by Crippen LogP contribution is 2.17. The van der Waals surface area contributed by atoms with Crippen LogP contribution in [-0.2, 0) is 11.4 Å². The predicted molar refractivity (Wildman–Crippen MR) is 99.3 cm³/mol. The van der Waals surface area contributed by atoms with Gasteiger partial charge in [-0.05, 0) is 45.0 Å². The number of carbonyl (C=O) groups is 2. The summed E-state index contributed by atoms with van der Waals surface area (Å²) in [6.07, 6.45) is 0. The Morgan fingerprint density at radius 1 is 1.27 bits per heavy atom. The van der Waals surface area contributed by atoms with Crippen molar-refractivity contribution in [2.75, 3.05) is 5.75 Å². The number of carbonyl (C=O) groups excluding carboxylic acids is 2. The molecule has 0 aliphatic rings. The second-order valence-electron chi connectivity index (χ2n) is 6.35. The highest BCUT2D eigenvalue weighted by atomic mass is 35.5. The number of nitrogens with one attached hydrogen (secondary N) is 3. The summed E-state index contributed by atoms with van der Waals surface area (Å²) in [6.45, 7) is 5.68. The van der Waals surface area contributed by atoms with Crippen molar-refractivity contribution in [3.05, 3.63) is 35.1 Å². The molecule has 0 atom stereocenters. The zero-order valence-electron chi connectivity index (χ0n) is 14.6. The fraction of sp³-hybridized carbons (Fsp3) is 0.375. The lowest BCUT2D eigenvalue weighted by molar-refractivity contribution is -0.117. The number of halogens is 1. The number of ether oxygens (including phenoxy) is 1. The summed E-state index contributed by atoms with van der Waals surface area (Å²) in [5.41, 5.74) is -0.416. The standard InChI is InChI=1S/C16H20ClN5O3S/c1-16(2,3)20-14(24)19-13(23)9-26-15-18-12(21-22-15)8-25-11-6-4-10(17)5-7-11/h4-7H,8-9H2,1-3H3,(H,18,21,22)(H2,19,20,23,24). The molecule has 0 fully saturated rings. The Hall–Kier alpha value is -2.26. The molecule has 0 spiro atoms. The van der Waals surface area contributed by atoms with Gasteiger partial charge in [-0.2, -0.15) is 0 Å². The van der Waals surface area contributed by atoms with Crippen molar-refractivity contribution in [3.63, 3.8) is 0 Å². The van der Waals surface area contributed by atoms with E-state index in [9.17, 15) is 9.59 Å². The molecule has 2 rings (SSSR count). The lowest BCUT2D eigenvalue weighted by atomic mass is 10.1. The summed E-state index contributed by atoms with van der Waals surface area (Å²) >= 11 is 6.93. The first kappa shape index (κ1) is 20.1. The molecule has 0 saturated heterocycles. The average Bonchev–Trinajstić information content (AvgIpc) is 2.98. The molecule has 8 nitrogen and oxygen atoms in total. The van der Waals surface area contributed by atoms with Gasteiger partial charge in [-0.25, -0.2) is 9.78 Å². The molecule has 1 aromatic carbocycles. The Balaban J connectivity index is 1.74. The number of imide groups is 1. The van der Waals surface area contributed by atoms with E-state index >= 15 is 0 Å². The molecule has 1 aromatic heterocycles. The molecule has 3 N–H and O–H groups in total. The summed E-state index contributed by atoms with van der Waals surface area (Å²) < 4.78 is 5.55. The van der Waals surface area contributed by atoms with E-state index in [-0.39, 0.29) is 12.4 Å². The van der Waals surface area contributed by atoms with Gasteiger partial charge in [0.05, 0.1) is 5.75 Å². The molecule has 2 aromatic rings. The topological polar surface area (TPSA) is 109 Å². The van der Waals surface area contributed by atoms with Gasteiger partial charge in [-0.15, -0.1) is 5.10 Å². The van der Waals surface area contributed by atoms with E-state index in [1.165, 1.54) is 0 Å². The Morgan fingerprint density at radius 2 is 1.96 bits per heavy atom. The Morgan fingerprint density at radius 3 is 2.62 bits per heavy atom. The average molecular weight is 398 g/mol. The van der Waals surface area contributed by atoms with Crippen molar-refractivity contribution >= 4 is 35.3 Å². The fourth-order valence-electron chi connectivity index (χ4n) is 1.75. The second kappa shape index (κ2) is 8.91. The Labute approximate surface area is 160 Å². The SMILES string of the molecule is CC(C)(C)NC(=O)NC(=O)CSc1n[nH]c(COc2ccc(Cl)cc2)n1. The van der Waals surface area contributed by atoms with Gasteiger partial charge in [0.15, 0.2) is 5.82 Å². The van der Waals surface area contributed by atoms with Crippen LogP contribution in [0.3, 0.4) is 0 Å². The molecular weight excluding hydrogens is 378 g/mol. The number of aromatic amines is 1. The van der Waals surface area contributed by atoms with Gasteiger partial charge in [-0.1, -0.05) is 23.4 Å². The molecular formula is C16H20ClN5O3S. The van der Waals surface area contributed by atoms with E-state index < -0.39 is 17.5 Å². The van der Waals surface area contributed by atoms with Gasteiger partial charge in [-0.3, -0.25) is 15.2 Å². The zero-order chi connectivity index (χ0) is 19.2. The third kappa shape index (κ3) is 7.32. The van der Waals surface area contributed by atoms with Crippen molar-refractivity contribution in [3.8, 4) is 5.75 Å². The van der Waals surface area contributed by atoms with E-state index in [1.54, 1.807) is 24.3 Å². The predicted octanol–water partition coefficient (Wildman–Crippen LogP) is 2.75. The smallest absolute Gasteiger partial charge is 0.321 e. The molecule has 0 unspecified atom stereocenters. The summed E-state index contributed by atoms with van der Waals surface area (Å²) in [5.74, 6) is 0.769. The maximum absolute atomic E-state index is 11.8. The van der Waals surface area contributed by atoms with Crippen molar-refractivity contribution < 1.29 is 14.3 Å². The third-order valence-electron chi connectivity index (χ3n) is 2.77. The number of hydrogen-bond acceptors (Lipinski definition) is 6. The first-order chi connectivity index (χ1) is 12.2. The molecule has 0 saturated carbocycles. The number of rotatable bonds is 6. The van der Waals surface area contributed by atoms with Gasteiger partial charge in [0.25, 0.3) is 0 Å². The van der Waals surface area contributed by atoms with Gasteiger partial charge >= 0.3 is 6.03 Å². The molecule has 26 heavy (non-hydrogen) atoms. The van der Waals surface area contributed by atoms with Crippen LogP contribution < -0.4 is 15.4 Å². The molecule has 1 heterocycles. The molecule has 140 valence electrons. The van der Waals surface area contributed by atoms with Crippen LogP contribution in [0.4, 0.5) is 4.79 Å². The van der Waals surface area contributed by atoms with Crippen molar-refractivity contribution in [2.24, 2.45) is 0 Å². The maximum atomic E-state index is 11.8. The molecule has 0 aliphatic heterocycles. The van der Waals surface area contributed by atoms with Gasteiger partial charge in [0, 0.05) is 10.6 Å². The number of H-pyrrole nitrogens is 1. The van der Waals surface area contributed by atoms with Crippen molar-refractivity contribution in [1.29, 1.82) is 0 Å². The van der Waals surface area contributed by atoms with Crippen LogP contribution in [0.25, 0.3) is 0 Å². The van der Waals surface area contributed by atoms with Crippen LogP contribution >= 0.6 is 23.4 Å². The van der Waals surface area contributed by atoms with Gasteiger partial charge in [0.2, 0.25) is 11.1 Å². The number of benzene rings is 1.